The van der Waals surface area contributed by atoms with Crippen LogP contribution < -0.4 is 31.0 Å². The molecule has 0 radical (unpaired) electrons. The van der Waals surface area contributed by atoms with Gasteiger partial charge in [0.05, 0.1) is 14.2 Å². The number of aliphatic imine (C=N–C) groups is 1. The molecule has 7 nitrogen and oxygen atoms in total. The molecule has 1 aliphatic heterocycles. The van der Waals surface area contributed by atoms with Crippen LogP contribution in [0.3, 0.4) is 0 Å². The fourth-order valence-electron chi connectivity index (χ4n) is 4.28. The lowest BCUT2D eigenvalue weighted by Gasteiger charge is -2.27. The number of anilines is 1. The van der Waals surface area contributed by atoms with Crippen LogP contribution in [0.5, 0.6) is 11.5 Å². The van der Waals surface area contributed by atoms with E-state index in [-0.39, 0.29) is 0 Å². The number of benzene rings is 2. The Bertz CT molecular complexity index is 1300. The van der Waals surface area contributed by atoms with Gasteiger partial charge in [-0.15, -0.1) is 0 Å². The van der Waals surface area contributed by atoms with Crippen LogP contribution in [0.4, 0.5) is 5.69 Å². The molecule has 1 fully saturated rings. The predicted octanol–water partition coefficient (Wildman–Crippen LogP) is 3.19. The Labute approximate surface area is 194 Å². The molecule has 0 atom stereocenters. The normalized spacial score (nSPS) is 15.5. The highest BCUT2D eigenvalue weighted by atomic mass is 16.5. The van der Waals surface area contributed by atoms with E-state index in [2.05, 4.69) is 47.8 Å². The van der Waals surface area contributed by atoms with Crippen molar-refractivity contribution in [2.45, 2.75) is 33.1 Å². The Hall–Kier alpha value is -3.61. The van der Waals surface area contributed by atoms with Crippen molar-refractivity contribution in [3.05, 3.63) is 52.0 Å². The van der Waals surface area contributed by atoms with Crippen LogP contribution in [0, 0.1) is 13.8 Å². The van der Waals surface area contributed by atoms with Gasteiger partial charge in [-0.05, 0) is 74.2 Å². The Morgan fingerprint density at radius 2 is 1.76 bits per heavy atom. The number of aryl methyl sites for hydroxylation is 2. The summed E-state index contributed by atoms with van der Waals surface area (Å²) < 4.78 is 11.0. The molecule has 0 unspecified atom stereocenters. The number of nitrogens with one attached hydrogen (secondary N) is 2. The van der Waals surface area contributed by atoms with Crippen LogP contribution in [0.2, 0.25) is 0 Å². The maximum atomic E-state index is 6.47. The minimum Gasteiger partial charge on any atom is -0.493 e. The maximum Gasteiger partial charge on any atom is 0.197 e. The molecule has 0 saturated carbocycles. The molecule has 1 saturated heterocycles. The lowest BCUT2D eigenvalue weighted by Crippen LogP contribution is -2.41. The molecule has 0 spiro atoms. The van der Waals surface area contributed by atoms with Gasteiger partial charge >= 0.3 is 0 Å². The first kappa shape index (κ1) is 22.6. The minimum absolute atomic E-state index is 0.501. The van der Waals surface area contributed by atoms with Gasteiger partial charge in [-0.1, -0.05) is 6.58 Å². The van der Waals surface area contributed by atoms with Crippen LogP contribution in [0.25, 0.3) is 23.3 Å². The summed E-state index contributed by atoms with van der Waals surface area (Å²) in [7, 11) is 3.23. The van der Waals surface area contributed by atoms with Crippen LogP contribution in [0.1, 0.15) is 30.5 Å². The van der Waals surface area contributed by atoms with Crippen LogP contribution in [-0.2, 0) is 0 Å². The minimum atomic E-state index is 0.501. The second kappa shape index (κ2) is 9.48. The predicted molar refractivity (Wildman–Crippen MR) is 136 cm³/mol. The summed E-state index contributed by atoms with van der Waals surface area (Å²) in [6.45, 7) is 10.3. The summed E-state index contributed by atoms with van der Waals surface area (Å²) in [5, 5.41) is 6.23. The average molecular weight is 448 g/mol. The monoisotopic (exact) mass is 447 g/mol. The van der Waals surface area contributed by atoms with Crippen molar-refractivity contribution in [1.29, 1.82) is 0 Å². The Balaban J connectivity index is 1.86. The van der Waals surface area contributed by atoms with Gasteiger partial charge in [0.1, 0.15) is 5.82 Å². The molecule has 1 aliphatic rings. The molecular formula is C26H33N5O2. The summed E-state index contributed by atoms with van der Waals surface area (Å²) in [6, 6.07) is 9.98. The Morgan fingerprint density at radius 1 is 1.06 bits per heavy atom. The van der Waals surface area contributed by atoms with E-state index >= 15 is 0 Å². The molecule has 0 aliphatic carbocycles. The molecule has 3 aromatic rings. The molecule has 4 N–H and O–H groups in total. The third-order valence-corrected chi connectivity index (χ3v) is 6.34. The molecule has 1 aromatic heterocycles. The van der Waals surface area contributed by atoms with Crippen molar-refractivity contribution >= 4 is 34.9 Å². The number of ether oxygens (including phenoxy) is 2. The SMILES string of the molecule is C=c1cc(OC)c(OC)c/c1=C(/N=C(\N)N1CCCCC1)Nc1ccc2[nH]c(C)c(C)c2c1. The van der Waals surface area contributed by atoms with Gasteiger partial charge in [0, 0.05) is 40.6 Å². The van der Waals surface area contributed by atoms with Gasteiger partial charge in [-0.3, -0.25) is 0 Å². The van der Waals surface area contributed by atoms with Gasteiger partial charge in [-0.25, -0.2) is 0 Å². The lowest BCUT2D eigenvalue weighted by molar-refractivity contribution is 0.339. The first-order valence-electron chi connectivity index (χ1n) is 11.3. The Kier molecular flexibility index (Phi) is 6.49. The smallest absolute Gasteiger partial charge is 0.197 e. The van der Waals surface area contributed by atoms with Crippen molar-refractivity contribution in [3.8, 4) is 11.5 Å². The molecule has 0 amide bonds. The van der Waals surface area contributed by atoms with E-state index in [9.17, 15) is 0 Å². The molecule has 2 heterocycles. The summed E-state index contributed by atoms with van der Waals surface area (Å²) >= 11 is 0. The average Bonchev–Trinajstić information content (AvgIpc) is 3.12. The maximum absolute atomic E-state index is 6.47. The molecule has 2 aromatic carbocycles. The number of fused-ring (bicyclic) bond motifs is 1. The first-order chi connectivity index (χ1) is 15.9. The van der Waals surface area contributed by atoms with E-state index in [0.717, 1.165) is 47.6 Å². The standard InChI is InChI=1S/C26H33N5O2/c1-16-13-23(32-4)24(33-5)15-20(16)25(30-26(27)31-11-7-6-8-12-31)29-19-9-10-22-21(14-19)17(2)18(3)28-22/h9-10,13-15,28-29H,1,6-8,11-12H2,2-5H3,(H2,27,30)/b25-20-. The molecule has 33 heavy (non-hydrogen) atoms. The van der Waals surface area contributed by atoms with Gasteiger partial charge in [0.25, 0.3) is 0 Å². The lowest BCUT2D eigenvalue weighted by atomic mass is 10.1. The Morgan fingerprint density at radius 3 is 2.45 bits per heavy atom. The van der Waals surface area contributed by atoms with Crippen LogP contribution in [-0.4, -0.2) is 43.2 Å². The summed E-state index contributed by atoms with van der Waals surface area (Å²) in [5.74, 6) is 2.35. The highest BCUT2D eigenvalue weighted by molar-refractivity contribution is 5.89. The van der Waals surface area contributed by atoms with E-state index in [1.165, 1.54) is 23.1 Å². The highest BCUT2D eigenvalue weighted by Gasteiger charge is 2.14. The third-order valence-electron chi connectivity index (χ3n) is 6.34. The second-order valence-corrected chi connectivity index (χ2v) is 8.49. The number of rotatable bonds is 5. The summed E-state index contributed by atoms with van der Waals surface area (Å²) in [4.78, 5) is 10.4. The number of nitrogens with two attached hydrogens (primary N) is 1. The molecule has 174 valence electrons. The second-order valence-electron chi connectivity index (χ2n) is 8.49. The number of methoxy groups -OCH3 is 2. The fraction of sp³-hybridized carbons (Fsp3) is 0.346. The zero-order valence-corrected chi connectivity index (χ0v) is 19.9. The van der Waals surface area contributed by atoms with Crippen LogP contribution >= 0.6 is 0 Å². The summed E-state index contributed by atoms with van der Waals surface area (Å²) in [6.07, 6.45) is 3.48. The van der Waals surface area contributed by atoms with E-state index in [1.807, 2.05) is 18.2 Å². The molecule has 7 heteroatoms. The number of nitrogens with zero attached hydrogens (tertiary/aromatic N) is 2. The molecular weight excluding hydrogens is 414 g/mol. The number of guanidine groups is 1. The van der Waals surface area contributed by atoms with Crippen molar-refractivity contribution in [3.63, 3.8) is 0 Å². The van der Waals surface area contributed by atoms with Crippen LogP contribution in [0.15, 0.2) is 35.3 Å². The van der Waals surface area contributed by atoms with Gasteiger partial charge in [0.2, 0.25) is 0 Å². The van der Waals surface area contributed by atoms with Gasteiger partial charge < -0.3 is 30.4 Å². The van der Waals surface area contributed by atoms with Crippen molar-refractivity contribution in [1.82, 2.24) is 9.88 Å². The first-order valence-corrected chi connectivity index (χ1v) is 11.3. The summed E-state index contributed by atoms with van der Waals surface area (Å²) in [5.41, 5.74) is 10.9. The molecule has 4 rings (SSSR count). The van der Waals surface area contributed by atoms with Crippen molar-refractivity contribution < 1.29 is 9.47 Å². The van der Waals surface area contributed by atoms with Gasteiger partial charge in [0.15, 0.2) is 17.5 Å². The topological polar surface area (TPSA) is 87.9 Å². The van der Waals surface area contributed by atoms with E-state index < -0.39 is 0 Å². The quantitative estimate of drug-likeness (QED) is 0.413. The number of likely N-dealkylation sites (tertiary alicyclic amines) is 1. The number of aromatic amines is 1. The zero-order valence-electron chi connectivity index (χ0n) is 19.9. The number of piperidine rings is 1. The third kappa shape index (κ3) is 4.62. The van der Waals surface area contributed by atoms with Crippen molar-refractivity contribution in [2.24, 2.45) is 10.7 Å². The zero-order chi connectivity index (χ0) is 23.5. The number of hydrogen-bond acceptors (Lipinski definition) is 4. The number of aromatic nitrogens is 1. The number of H-pyrrole nitrogens is 1. The van der Waals surface area contributed by atoms with Crippen molar-refractivity contribution in [2.75, 3.05) is 32.6 Å². The van der Waals surface area contributed by atoms with Gasteiger partial charge in [-0.2, -0.15) is 4.99 Å². The number of hydrogen-bond donors (Lipinski definition) is 3. The van der Waals surface area contributed by atoms with E-state index in [4.69, 9.17) is 20.2 Å². The van der Waals surface area contributed by atoms with E-state index in [1.54, 1.807) is 14.2 Å². The fourth-order valence-corrected chi connectivity index (χ4v) is 4.28. The van der Waals surface area contributed by atoms with E-state index in [0.29, 0.717) is 23.3 Å². The molecule has 0 bridgehead atoms. The largest absolute Gasteiger partial charge is 0.493 e. The highest BCUT2D eigenvalue weighted by Crippen LogP contribution is 2.26.